The topological polar surface area (TPSA) is 66.5 Å². The minimum Gasteiger partial charge on any atom is -0.346 e. The Bertz CT molecular complexity index is 889. The van der Waals surface area contributed by atoms with Gasteiger partial charge in [0.1, 0.15) is 0 Å². The molecular formula is C20H24N2O3S. The zero-order chi connectivity index (χ0) is 18.7. The van der Waals surface area contributed by atoms with Gasteiger partial charge in [0, 0.05) is 18.7 Å². The van der Waals surface area contributed by atoms with E-state index in [0.29, 0.717) is 24.2 Å². The van der Waals surface area contributed by atoms with E-state index in [2.05, 4.69) is 5.32 Å². The van der Waals surface area contributed by atoms with Crippen LogP contribution in [0.4, 0.5) is 0 Å². The molecule has 1 N–H and O–H groups in total. The highest BCUT2D eigenvalue weighted by molar-refractivity contribution is 7.89. The molecule has 6 heteroatoms. The molecule has 26 heavy (non-hydrogen) atoms. The molecule has 5 nitrogen and oxygen atoms in total. The molecule has 0 radical (unpaired) electrons. The lowest BCUT2D eigenvalue weighted by Gasteiger charge is -2.18. The smallest absolute Gasteiger partial charge is 0.251 e. The molecule has 1 fully saturated rings. The van der Waals surface area contributed by atoms with Crippen molar-refractivity contribution in [1.29, 1.82) is 0 Å². The van der Waals surface area contributed by atoms with Gasteiger partial charge in [-0.3, -0.25) is 4.79 Å². The van der Waals surface area contributed by atoms with Crippen LogP contribution in [-0.4, -0.2) is 31.7 Å². The predicted molar refractivity (Wildman–Crippen MR) is 101 cm³/mol. The molecule has 0 spiro atoms. The van der Waals surface area contributed by atoms with E-state index >= 15 is 0 Å². The fourth-order valence-electron chi connectivity index (χ4n) is 3.19. The number of amides is 1. The number of sulfonamides is 1. The summed E-state index contributed by atoms with van der Waals surface area (Å²) in [6.07, 6.45) is 1.76. The molecule has 138 valence electrons. The highest BCUT2D eigenvalue weighted by atomic mass is 32.2. The summed E-state index contributed by atoms with van der Waals surface area (Å²) in [5, 5.41) is 2.93. The lowest BCUT2D eigenvalue weighted by Crippen LogP contribution is -2.30. The van der Waals surface area contributed by atoms with Crippen molar-refractivity contribution in [3.8, 4) is 0 Å². The zero-order valence-corrected chi connectivity index (χ0v) is 15.9. The van der Waals surface area contributed by atoms with E-state index in [1.807, 2.05) is 37.3 Å². The molecule has 1 saturated heterocycles. The van der Waals surface area contributed by atoms with Crippen LogP contribution in [-0.2, 0) is 10.0 Å². The quantitative estimate of drug-likeness (QED) is 0.876. The van der Waals surface area contributed by atoms with E-state index in [4.69, 9.17) is 0 Å². The standard InChI is InChI=1S/C20H24N2O3S/c1-15-10-11-18(14-19(15)26(24,25)22-12-6-7-13-22)20(23)21-16(2)17-8-4-3-5-9-17/h3-5,8-11,14,16H,6-7,12-13H2,1-2H3,(H,21,23). The molecule has 0 saturated carbocycles. The first-order chi connectivity index (χ1) is 12.4. The Morgan fingerprint density at radius 2 is 1.73 bits per heavy atom. The summed E-state index contributed by atoms with van der Waals surface area (Å²) in [6.45, 7) is 4.76. The van der Waals surface area contributed by atoms with Gasteiger partial charge in [-0.1, -0.05) is 36.4 Å². The maximum absolute atomic E-state index is 12.9. The first kappa shape index (κ1) is 18.6. The van der Waals surface area contributed by atoms with Crippen molar-refractivity contribution < 1.29 is 13.2 Å². The van der Waals surface area contributed by atoms with Gasteiger partial charge in [-0.25, -0.2) is 8.42 Å². The Labute approximate surface area is 155 Å². The van der Waals surface area contributed by atoms with Crippen LogP contribution in [0.25, 0.3) is 0 Å². The Morgan fingerprint density at radius 1 is 1.08 bits per heavy atom. The van der Waals surface area contributed by atoms with E-state index in [9.17, 15) is 13.2 Å². The number of rotatable bonds is 5. The fraction of sp³-hybridized carbons (Fsp3) is 0.350. The number of nitrogens with zero attached hydrogens (tertiary/aromatic N) is 1. The molecule has 0 aromatic heterocycles. The number of benzene rings is 2. The second kappa shape index (κ2) is 7.60. The molecule has 1 heterocycles. The molecule has 2 aromatic rings. The van der Waals surface area contributed by atoms with Crippen LogP contribution in [0.5, 0.6) is 0 Å². The molecule has 1 atom stereocenters. The second-order valence-corrected chi connectivity index (χ2v) is 8.60. The van der Waals surface area contributed by atoms with E-state index in [-0.39, 0.29) is 16.8 Å². The Kier molecular flexibility index (Phi) is 5.44. The van der Waals surface area contributed by atoms with Gasteiger partial charge in [-0.15, -0.1) is 0 Å². The highest BCUT2D eigenvalue weighted by Crippen LogP contribution is 2.25. The molecule has 3 rings (SSSR count). The van der Waals surface area contributed by atoms with Crippen LogP contribution in [0.1, 0.15) is 47.3 Å². The third-order valence-electron chi connectivity index (χ3n) is 4.78. The summed E-state index contributed by atoms with van der Waals surface area (Å²) in [5.41, 5.74) is 2.01. The van der Waals surface area contributed by atoms with Gasteiger partial charge in [-0.05, 0) is 49.9 Å². The van der Waals surface area contributed by atoms with E-state index in [1.165, 1.54) is 10.4 Å². The molecule has 1 aliphatic heterocycles. The van der Waals surface area contributed by atoms with E-state index in [0.717, 1.165) is 18.4 Å². The van der Waals surface area contributed by atoms with Crippen molar-refractivity contribution in [3.63, 3.8) is 0 Å². The summed E-state index contributed by atoms with van der Waals surface area (Å²) >= 11 is 0. The van der Waals surface area contributed by atoms with Crippen molar-refractivity contribution >= 4 is 15.9 Å². The summed E-state index contributed by atoms with van der Waals surface area (Å²) in [7, 11) is -3.55. The third-order valence-corrected chi connectivity index (χ3v) is 6.82. The average Bonchev–Trinajstić information content (AvgIpc) is 3.18. The maximum atomic E-state index is 12.9. The SMILES string of the molecule is Cc1ccc(C(=O)NC(C)c2ccccc2)cc1S(=O)(=O)N1CCCC1. The maximum Gasteiger partial charge on any atom is 0.251 e. The van der Waals surface area contributed by atoms with Gasteiger partial charge in [-0.2, -0.15) is 4.31 Å². The molecule has 1 unspecified atom stereocenters. The fourth-order valence-corrected chi connectivity index (χ4v) is 4.96. The highest BCUT2D eigenvalue weighted by Gasteiger charge is 2.29. The van der Waals surface area contributed by atoms with Crippen LogP contribution in [0, 0.1) is 6.92 Å². The largest absolute Gasteiger partial charge is 0.346 e. The van der Waals surface area contributed by atoms with Crippen molar-refractivity contribution in [2.45, 2.75) is 37.6 Å². The Morgan fingerprint density at radius 3 is 2.38 bits per heavy atom. The summed E-state index contributed by atoms with van der Waals surface area (Å²) in [6, 6.07) is 14.4. The number of aryl methyl sites for hydroxylation is 1. The van der Waals surface area contributed by atoms with Gasteiger partial charge >= 0.3 is 0 Å². The molecule has 0 bridgehead atoms. The third kappa shape index (κ3) is 3.81. The summed E-state index contributed by atoms with van der Waals surface area (Å²) in [4.78, 5) is 12.8. The van der Waals surface area contributed by atoms with Gasteiger partial charge in [0.25, 0.3) is 5.91 Å². The lowest BCUT2D eigenvalue weighted by atomic mass is 10.1. The number of carbonyl (C=O) groups is 1. The van der Waals surface area contributed by atoms with Gasteiger partial charge in [0.15, 0.2) is 0 Å². The van der Waals surface area contributed by atoms with Crippen LogP contribution in [0.15, 0.2) is 53.4 Å². The normalized spacial score (nSPS) is 16.4. The average molecular weight is 372 g/mol. The number of hydrogen-bond donors (Lipinski definition) is 1. The van der Waals surface area contributed by atoms with E-state index in [1.54, 1.807) is 19.1 Å². The number of nitrogens with one attached hydrogen (secondary N) is 1. The Hall–Kier alpha value is -2.18. The minimum absolute atomic E-state index is 0.163. The number of carbonyl (C=O) groups excluding carboxylic acids is 1. The molecular weight excluding hydrogens is 348 g/mol. The van der Waals surface area contributed by atoms with E-state index < -0.39 is 10.0 Å². The van der Waals surface area contributed by atoms with Crippen LogP contribution in [0.2, 0.25) is 0 Å². The second-order valence-electron chi connectivity index (χ2n) is 6.70. The van der Waals surface area contributed by atoms with Crippen molar-refractivity contribution in [2.24, 2.45) is 0 Å². The van der Waals surface area contributed by atoms with Gasteiger partial charge < -0.3 is 5.32 Å². The lowest BCUT2D eigenvalue weighted by molar-refractivity contribution is 0.0939. The van der Waals surface area contributed by atoms with Crippen molar-refractivity contribution in [3.05, 3.63) is 65.2 Å². The molecule has 1 amide bonds. The molecule has 0 aliphatic carbocycles. The van der Waals surface area contributed by atoms with Crippen LogP contribution >= 0.6 is 0 Å². The first-order valence-electron chi connectivity index (χ1n) is 8.86. The Balaban J connectivity index is 1.84. The van der Waals surface area contributed by atoms with Crippen LogP contribution in [0.3, 0.4) is 0 Å². The minimum atomic E-state index is -3.55. The monoisotopic (exact) mass is 372 g/mol. The first-order valence-corrected chi connectivity index (χ1v) is 10.3. The zero-order valence-electron chi connectivity index (χ0n) is 15.1. The number of hydrogen-bond acceptors (Lipinski definition) is 3. The van der Waals surface area contributed by atoms with Gasteiger partial charge in [0.2, 0.25) is 10.0 Å². The summed E-state index contributed by atoms with van der Waals surface area (Å²) < 4.78 is 27.2. The van der Waals surface area contributed by atoms with Crippen molar-refractivity contribution in [2.75, 3.05) is 13.1 Å². The summed E-state index contributed by atoms with van der Waals surface area (Å²) in [5.74, 6) is -0.278. The van der Waals surface area contributed by atoms with Crippen LogP contribution < -0.4 is 5.32 Å². The molecule has 2 aromatic carbocycles. The predicted octanol–water partition coefficient (Wildman–Crippen LogP) is 3.27. The van der Waals surface area contributed by atoms with Gasteiger partial charge in [0.05, 0.1) is 10.9 Å². The van der Waals surface area contributed by atoms with Crippen molar-refractivity contribution in [1.82, 2.24) is 9.62 Å². The molecule has 1 aliphatic rings.